The third-order valence-electron chi connectivity index (χ3n) is 6.91. The quantitative estimate of drug-likeness (QED) is 0.183. The average Bonchev–Trinajstić information content (AvgIpc) is 3.59. The molecule has 0 bridgehead atoms. The third kappa shape index (κ3) is 5.08. The van der Waals surface area contributed by atoms with E-state index in [-0.39, 0.29) is 12.2 Å². The first kappa shape index (κ1) is 26.8. The van der Waals surface area contributed by atoms with E-state index in [2.05, 4.69) is 19.4 Å². The average molecular weight is 580 g/mol. The maximum Gasteiger partial charge on any atom is 0.353 e. The molecule has 2 heterocycles. The van der Waals surface area contributed by atoms with Crippen LogP contribution in [0.25, 0.3) is 33.1 Å². The van der Waals surface area contributed by atoms with Gasteiger partial charge in [0.25, 0.3) is 0 Å². The van der Waals surface area contributed by atoms with E-state index in [9.17, 15) is 14.7 Å². The molecular formula is C31H25N5O5S. The number of carbonyl (C=O) groups is 2. The fourth-order valence-corrected chi connectivity index (χ4v) is 5.56. The Balaban J connectivity index is 1.51. The lowest BCUT2D eigenvalue weighted by molar-refractivity contribution is 0.0687. The molecule has 0 aliphatic rings. The molecule has 210 valence electrons. The Labute approximate surface area is 244 Å². The molecule has 4 aromatic carbocycles. The number of ether oxygens (including phenoxy) is 2. The summed E-state index contributed by atoms with van der Waals surface area (Å²) in [5, 5.41) is 16.9. The summed E-state index contributed by atoms with van der Waals surface area (Å²) in [6, 6.07) is 24.9. The Morgan fingerprint density at radius 2 is 1.64 bits per heavy atom. The number of aromatic carboxylic acids is 1. The number of hydrogen-bond acceptors (Lipinski definition) is 7. The molecule has 0 fully saturated rings. The summed E-state index contributed by atoms with van der Waals surface area (Å²) >= 11 is 1.09. The zero-order valence-electron chi connectivity index (χ0n) is 22.6. The number of para-hydroxylation sites is 1. The number of carbonyl (C=O) groups excluding carboxylic acids is 1. The predicted octanol–water partition coefficient (Wildman–Crippen LogP) is 6.72. The number of carboxylic acids is 1. The highest BCUT2D eigenvalue weighted by molar-refractivity contribution is 7.00. The van der Waals surface area contributed by atoms with Gasteiger partial charge in [-0.1, -0.05) is 24.3 Å². The van der Waals surface area contributed by atoms with Crippen molar-refractivity contribution in [3.8, 4) is 22.6 Å². The lowest BCUT2D eigenvalue weighted by Gasteiger charge is -2.14. The molecule has 6 aromatic rings. The number of fused-ring (bicyclic) bond motifs is 2. The van der Waals surface area contributed by atoms with Crippen LogP contribution in [0.3, 0.4) is 0 Å². The van der Waals surface area contributed by atoms with Crippen LogP contribution in [0, 0.1) is 0 Å². The minimum Gasteiger partial charge on any atom is -0.497 e. The Morgan fingerprint density at radius 1 is 0.857 bits per heavy atom. The molecular weight excluding hydrogens is 554 g/mol. The molecule has 2 amide bonds. The van der Waals surface area contributed by atoms with Crippen molar-refractivity contribution in [2.24, 2.45) is 0 Å². The van der Waals surface area contributed by atoms with E-state index < -0.39 is 12.0 Å². The van der Waals surface area contributed by atoms with Crippen LogP contribution in [-0.2, 0) is 6.54 Å². The van der Waals surface area contributed by atoms with Crippen LogP contribution in [0.15, 0.2) is 84.9 Å². The van der Waals surface area contributed by atoms with Gasteiger partial charge in [-0.3, -0.25) is 0 Å². The van der Waals surface area contributed by atoms with Gasteiger partial charge < -0.3 is 29.8 Å². The molecule has 0 saturated carbocycles. The van der Waals surface area contributed by atoms with Crippen molar-refractivity contribution in [1.82, 2.24) is 13.3 Å². The molecule has 0 radical (unpaired) electrons. The van der Waals surface area contributed by atoms with Gasteiger partial charge in [-0.2, -0.15) is 8.75 Å². The number of methoxy groups -OCH3 is 2. The van der Waals surface area contributed by atoms with Gasteiger partial charge in [0.2, 0.25) is 0 Å². The van der Waals surface area contributed by atoms with Crippen LogP contribution in [0.2, 0.25) is 0 Å². The number of rotatable bonds is 8. The summed E-state index contributed by atoms with van der Waals surface area (Å²) in [7, 11) is 3.14. The molecule has 0 aliphatic heterocycles. The largest absolute Gasteiger partial charge is 0.497 e. The minimum absolute atomic E-state index is 0.0864. The van der Waals surface area contributed by atoms with E-state index in [0.717, 1.165) is 22.8 Å². The number of hydrogen-bond donors (Lipinski definition) is 3. The van der Waals surface area contributed by atoms with Gasteiger partial charge in [0.15, 0.2) is 0 Å². The fourth-order valence-electron chi connectivity index (χ4n) is 5.04. The second kappa shape index (κ2) is 11.2. The van der Waals surface area contributed by atoms with Crippen molar-refractivity contribution < 1.29 is 24.2 Å². The molecule has 11 heteroatoms. The normalized spacial score (nSPS) is 11.0. The summed E-state index contributed by atoms with van der Waals surface area (Å²) in [6.07, 6.45) is 0. The molecule has 0 atom stereocenters. The van der Waals surface area contributed by atoms with Crippen molar-refractivity contribution >= 4 is 57.0 Å². The van der Waals surface area contributed by atoms with Crippen LogP contribution in [0.4, 0.5) is 16.2 Å². The lowest BCUT2D eigenvalue weighted by Crippen LogP contribution is -2.19. The summed E-state index contributed by atoms with van der Waals surface area (Å²) in [5.41, 5.74) is 5.20. The number of carboxylic acid groups (broad SMARTS) is 1. The Hall–Kier alpha value is -5.42. The summed E-state index contributed by atoms with van der Waals surface area (Å²) in [5.74, 6) is 0.119. The smallest absolute Gasteiger partial charge is 0.353 e. The van der Waals surface area contributed by atoms with E-state index in [4.69, 9.17) is 9.47 Å². The summed E-state index contributed by atoms with van der Waals surface area (Å²) in [4.78, 5) is 25.7. The summed E-state index contributed by atoms with van der Waals surface area (Å²) < 4.78 is 21.4. The van der Waals surface area contributed by atoms with Crippen LogP contribution in [0.1, 0.15) is 16.1 Å². The van der Waals surface area contributed by atoms with Gasteiger partial charge in [-0.15, -0.1) is 0 Å². The highest BCUT2D eigenvalue weighted by atomic mass is 32.1. The van der Waals surface area contributed by atoms with Gasteiger partial charge in [-0.25, -0.2) is 9.59 Å². The molecule has 0 unspecified atom stereocenters. The van der Waals surface area contributed by atoms with Crippen LogP contribution >= 0.6 is 11.7 Å². The molecule has 3 N–H and O–H groups in total. The first-order valence-corrected chi connectivity index (χ1v) is 13.6. The zero-order valence-corrected chi connectivity index (χ0v) is 23.4. The van der Waals surface area contributed by atoms with Gasteiger partial charge in [-0.05, 0) is 66.2 Å². The minimum atomic E-state index is -1.10. The molecule has 0 spiro atoms. The third-order valence-corrected chi connectivity index (χ3v) is 7.47. The SMILES string of the molecule is COc1ccc(OC)c(Cn2c(C(=O)O)c(-c3ccc4nsnc4c3)c3cc(NC(=O)Nc4ccccc4)ccc32)c1. The predicted molar refractivity (Wildman–Crippen MR) is 163 cm³/mol. The number of nitrogens with zero attached hydrogens (tertiary/aromatic N) is 3. The molecule has 2 aromatic heterocycles. The van der Waals surface area contributed by atoms with E-state index >= 15 is 0 Å². The fraction of sp³-hybridized carbons (Fsp3) is 0.0968. The molecule has 6 rings (SSSR count). The number of anilines is 2. The van der Waals surface area contributed by atoms with E-state index in [1.807, 2.05) is 42.5 Å². The van der Waals surface area contributed by atoms with Crippen molar-refractivity contribution in [2.45, 2.75) is 6.54 Å². The van der Waals surface area contributed by atoms with Gasteiger partial charge >= 0.3 is 12.0 Å². The Kier molecular flexibility index (Phi) is 7.16. The monoisotopic (exact) mass is 579 g/mol. The van der Waals surface area contributed by atoms with Crippen molar-refractivity contribution in [2.75, 3.05) is 24.9 Å². The first-order valence-electron chi connectivity index (χ1n) is 12.9. The standard InChI is InChI=1S/C31H25N5O5S/c1-40-22-10-13-27(41-2)19(14-22)17-36-26-12-9-21(33-31(39)32-20-6-4-3-5-7-20)16-23(26)28(29(36)30(37)38)18-8-11-24-25(15-18)35-42-34-24/h3-16H,17H2,1-2H3,(H,37,38)(H2,32,33,39). The number of amides is 2. The van der Waals surface area contributed by atoms with Gasteiger partial charge in [0, 0.05) is 33.4 Å². The number of aromatic nitrogens is 3. The van der Waals surface area contributed by atoms with Crippen molar-refractivity contribution in [3.63, 3.8) is 0 Å². The highest BCUT2D eigenvalue weighted by Gasteiger charge is 2.25. The second-order valence-electron chi connectivity index (χ2n) is 9.44. The summed E-state index contributed by atoms with van der Waals surface area (Å²) in [6.45, 7) is 0.195. The molecule has 0 aliphatic carbocycles. The van der Waals surface area contributed by atoms with Crippen LogP contribution in [0.5, 0.6) is 11.5 Å². The maximum absolute atomic E-state index is 13.0. The first-order chi connectivity index (χ1) is 20.4. The molecule has 0 saturated heterocycles. The molecule has 42 heavy (non-hydrogen) atoms. The van der Waals surface area contributed by atoms with Gasteiger partial charge in [0.05, 0.1) is 32.5 Å². The van der Waals surface area contributed by atoms with E-state index in [0.29, 0.717) is 50.4 Å². The zero-order chi connectivity index (χ0) is 29.2. The Morgan fingerprint density at radius 3 is 2.40 bits per heavy atom. The van der Waals surface area contributed by atoms with E-state index in [1.165, 1.54) is 0 Å². The molecule has 10 nitrogen and oxygen atoms in total. The van der Waals surface area contributed by atoms with Crippen molar-refractivity contribution in [3.05, 3.63) is 96.2 Å². The Bertz CT molecular complexity index is 1950. The van der Waals surface area contributed by atoms with Gasteiger partial charge in [0.1, 0.15) is 28.2 Å². The van der Waals surface area contributed by atoms with Crippen LogP contribution < -0.4 is 20.1 Å². The second-order valence-corrected chi connectivity index (χ2v) is 9.97. The lowest BCUT2D eigenvalue weighted by atomic mass is 10.0. The maximum atomic E-state index is 13.0. The van der Waals surface area contributed by atoms with E-state index in [1.54, 1.807) is 61.3 Å². The number of benzene rings is 4. The number of nitrogens with one attached hydrogen (secondary N) is 2. The van der Waals surface area contributed by atoms with Crippen LogP contribution in [-0.4, -0.2) is 44.6 Å². The highest BCUT2D eigenvalue weighted by Crippen LogP contribution is 2.39. The van der Waals surface area contributed by atoms with Crippen molar-refractivity contribution in [1.29, 1.82) is 0 Å². The number of urea groups is 1. The topological polar surface area (TPSA) is 128 Å².